The van der Waals surface area contributed by atoms with Gasteiger partial charge in [-0.2, -0.15) is 0 Å². The number of allylic oxidation sites excluding steroid dienone is 2. The average molecular weight is 613 g/mol. The second-order valence-corrected chi connectivity index (χ2v) is 12.8. The zero-order chi connectivity index (χ0) is 31.3. The van der Waals surface area contributed by atoms with Crippen LogP contribution in [0, 0.1) is 0 Å². The molecule has 0 bridgehead atoms. The summed E-state index contributed by atoms with van der Waals surface area (Å²) in [5.74, 6) is 0.949. The van der Waals surface area contributed by atoms with Crippen LogP contribution in [0.2, 0.25) is 0 Å². The molecule has 0 spiro atoms. The molecule has 3 aromatic heterocycles. The summed E-state index contributed by atoms with van der Waals surface area (Å²) >= 11 is 0. The Bertz CT molecular complexity index is 2880. The largest absolute Gasteiger partial charge is 0.387 e. The van der Waals surface area contributed by atoms with Gasteiger partial charge in [0.1, 0.15) is 5.82 Å². The molecule has 6 aromatic carbocycles. The molecule has 4 nitrogen and oxygen atoms in total. The molecule has 224 valence electrons. The van der Waals surface area contributed by atoms with Crippen molar-refractivity contribution >= 4 is 65.5 Å². The maximum atomic E-state index is 5.39. The predicted molar refractivity (Wildman–Crippen MR) is 200 cm³/mol. The van der Waals surface area contributed by atoms with Crippen LogP contribution < -0.4 is 5.32 Å². The van der Waals surface area contributed by atoms with E-state index in [1.807, 2.05) is 6.20 Å². The number of rotatable bonds is 3. The lowest BCUT2D eigenvalue weighted by Gasteiger charge is -2.12. The minimum atomic E-state index is 0.827. The van der Waals surface area contributed by atoms with Gasteiger partial charge < -0.3 is 9.88 Å². The molecule has 4 heteroatoms. The Balaban J connectivity index is 1.12. The van der Waals surface area contributed by atoms with Crippen LogP contribution in [0.3, 0.4) is 0 Å². The number of dihydropyridines is 1. The van der Waals surface area contributed by atoms with E-state index in [4.69, 9.17) is 4.98 Å². The van der Waals surface area contributed by atoms with Crippen LogP contribution in [0.25, 0.3) is 88.2 Å². The second kappa shape index (κ2) is 9.57. The minimum absolute atomic E-state index is 0.827. The van der Waals surface area contributed by atoms with Crippen LogP contribution >= 0.6 is 0 Å². The van der Waals surface area contributed by atoms with Gasteiger partial charge in [0.15, 0.2) is 0 Å². The summed E-state index contributed by atoms with van der Waals surface area (Å²) in [5.41, 5.74) is 13.3. The first-order valence-electron chi connectivity index (χ1n) is 16.5. The van der Waals surface area contributed by atoms with Gasteiger partial charge in [-0.05, 0) is 94.5 Å². The van der Waals surface area contributed by atoms with Crippen molar-refractivity contribution in [3.63, 3.8) is 0 Å². The fraction of sp³-hybridized carbons (Fsp3) is 0.0227. The number of para-hydroxylation sites is 3. The van der Waals surface area contributed by atoms with Crippen molar-refractivity contribution < 1.29 is 0 Å². The van der Waals surface area contributed by atoms with Crippen LogP contribution in [0.5, 0.6) is 0 Å². The van der Waals surface area contributed by atoms with Crippen molar-refractivity contribution in [1.29, 1.82) is 0 Å². The SMILES string of the molecule is C1=CC2=C(CN1)c1cccc3cc(-n4c5ccccc5c5cc(-c6ccc7c(c6)c6ccccc6n7-c6ccccc6)ccc54)nc2c13. The normalized spacial score (nSPS) is 13.8. The molecule has 9 aromatic rings. The fourth-order valence-corrected chi connectivity index (χ4v) is 8.23. The summed E-state index contributed by atoms with van der Waals surface area (Å²) in [7, 11) is 0. The number of hydrogen-bond acceptors (Lipinski definition) is 2. The Morgan fingerprint density at radius 3 is 1.94 bits per heavy atom. The van der Waals surface area contributed by atoms with Crippen molar-refractivity contribution in [2.45, 2.75) is 0 Å². The number of nitrogens with zero attached hydrogens (tertiary/aromatic N) is 3. The molecular formula is C44H28N4. The van der Waals surface area contributed by atoms with E-state index in [9.17, 15) is 0 Å². The van der Waals surface area contributed by atoms with Crippen LogP contribution in [-0.4, -0.2) is 20.7 Å². The number of aromatic nitrogens is 3. The van der Waals surface area contributed by atoms with E-state index in [0.29, 0.717) is 0 Å². The predicted octanol–water partition coefficient (Wildman–Crippen LogP) is 10.4. The molecule has 0 saturated heterocycles. The van der Waals surface area contributed by atoms with Crippen LogP contribution in [0.4, 0.5) is 0 Å². The minimum Gasteiger partial charge on any atom is -0.387 e. The molecule has 0 amide bonds. The summed E-state index contributed by atoms with van der Waals surface area (Å²) in [6.45, 7) is 0.827. The number of pyridine rings is 1. The first-order valence-corrected chi connectivity index (χ1v) is 16.5. The van der Waals surface area contributed by atoms with Gasteiger partial charge in [-0.15, -0.1) is 0 Å². The molecule has 2 aliphatic rings. The Hall–Kier alpha value is -6.39. The zero-order valence-corrected chi connectivity index (χ0v) is 26.0. The van der Waals surface area contributed by atoms with Gasteiger partial charge in [-0.25, -0.2) is 4.98 Å². The monoisotopic (exact) mass is 612 g/mol. The summed E-state index contributed by atoms with van der Waals surface area (Å²) in [4.78, 5) is 5.39. The van der Waals surface area contributed by atoms with Gasteiger partial charge in [-0.1, -0.05) is 84.9 Å². The first kappa shape index (κ1) is 25.8. The van der Waals surface area contributed by atoms with Gasteiger partial charge >= 0.3 is 0 Å². The maximum absolute atomic E-state index is 5.39. The lowest BCUT2D eigenvalue weighted by atomic mass is 10.0. The Kier molecular flexibility index (Phi) is 5.13. The van der Waals surface area contributed by atoms with Crippen LogP contribution in [0.15, 0.2) is 152 Å². The van der Waals surface area contributed by atoms with Crippen LogP contribution in [-0.2, 0) is 0 Å². The highest BCUT2D eigenvalue weighted by molar-refractivity contribution is 6.17. The fourth-order valence-electron chi connectivity index (χ4n) is 8.23. The van der Waals surface area contributed by atoms with E-state index in [1.54, 1.807) is 0 Å². The molecule has 0 saturated carbocycles. The molecule has 0 unspecified atom stereocenters. The van der Waals surface area contributed by atoms with Gasteiger partial charge in [0.05, 0.1) is 27.8 Å². The third kappa shape index (κ3) is 3.46. The molecule has 48 heavy (non-hydrogen) atoms. The van der Waals surface area contributed by atoms with E-state index >= 15 is 0 Å². The molecular weight excluding hydrogens is 585 g/mol. The first-order chi connectivity index (χ1) is 23.8. The third-order valence-corrected chi connectivity index (χ3v) is 10.3. The molecule has 0 radical (unpaired) electrons. The van der Waals surface area contributed by atoms with E-state index in [0.717, 1.165) is 29.1 Å². The standard InChI is InChI=1S/C44H28N4/c1-2-10-30(11-3-1)47-38-15-6-4-12-31(38)35-23-27(17-19-40(35)47)28-18-20-41-36(24-28)32-13-5-7-16-39(32)48(41)42-25-29-9-8-14-33-37-26-45-22-21-34(37)44(46-42)43(29)33/h1-25,45H,26H2. The molecule has 1 N–H and O–H groups in total. The van der Waals surface area contributed by atoms with E-state index in [1.165, 1.54) is 76.9 Å². The van der Waals surface area contributed by atoms with Crippen molar-refractivity contribution in [3.05, 3.63) is 163 Å². The average Bonchev–Trinajstić information content (AvgIpc) is 3.78. The number of benzene rings is 6. The highest BCUT2D eigenvalue weighted by Crippen LogP contribution is 2.44. The number of fused-ring (bicyclic) bond motifs is 8. The molecule has 0 fully saturated rings. The number of hydrogen-bond donors (Lipinski definition) is 1. The van der Waals surface area contributed by atoms with Gasteiger partial charge in [-0.3, -0.25) is 4.57 Å². The molecule has 11 rings (SSSR count). The summed E-state index contributed by atoms with van der Waals surface area (Å²) in [6, 6.07) is 50.8. The van der Waals surface area contributed by atoms with Gasteiger partial charge in [0.2, 0.25) is 0 Å². The third-order valence-electron chi connectivity index (χ3n) is 10.3. The molecule has 4 heterocycles. The maximum Gasteiger partial charge on any atom is 0.138 e. The Morgan fingerprint density at radius 1 is 0.542 bits per heavy atom. The van der Waals surface area contributed by atoms with Gasteiger partial charge in [0.25, 0.3) is 0 Å². The topological polar surface area (TPSA) is 34.8 Å². The Labute approximate surface area is 276 Å². The smallest absolute Gasteiger partial charge is 0.138 e. The van der Waals surface area contributed by atoms with Crippen LogP contribution in [0.1, 0.15) is 11.3 Å². The van der Waals surface area contributed by atoms with E-state index in [2.05, 4.69) is 160 Å². The molecule has 1 aliphatic carbocycles. The highest BCUT2D eigenvalue weighted by Gasteiger charge is 2.27. The van der Waals surface area contributed by atoms with Crippen molar-refractivity contribution in [2.24, 2.45) is 0 Å². The van der Waals surface area contributed by atoms with E-state index < -0.39 is 0 Å². The molecule has 1 aliphatic heterocycles. The number of nitrogens with one attached hydrogen (secondary N) is 1. The highest BCUT2D eigenvalue weighted by atomic mass is 15.1. The Morgan fingerprint density at radius 2 is 1.19 bits per heavy atom. The van der Waals surface area contributed by atoms with Gasteiger partial charge in [0, 0.05) is 44.7 Å². The van der Waals surface area contributed by atoms with E-state index in [-0.39, 0.29) is 0 Å². The summed E-state index contributed by atoms with van der Waals surface area (Å²) in [6.07, 6.45) is 4.22. The molecule has 0 atom stereocenters. The summed E-state index contributed by atoms with van der Waals surface area (Å²) < 4.78 is 4.71. The second-order valence-electron chi connectivity index (χ2n) is 12.8. The lowest BCUT2D eigenvalue weighted by molar-refractivity contribution is 0.992. The van der Waals surface area contributed by atoms with Crippen molar-refractivity contribution in [2.75, 3.05) is 6.54 Å². The van der Waals surface area contributed by atoms with Crippen molar-refractivity contribution in [3.8, 4) is 22.6 Å². The summed E-state index contributed by atoms with van der Waals surface area (Å²) in [5, 5.41) is 10.8. The van der Waals surface area contributed by atoms with Crippen molar-refractivity contribution in [1.82, 2.24) is 19.4 Å². The lowest BCUT2D eigenvalue weighted by Crippen LogP contribution is -2.12. The zero-order valence-electron chi connectivity index (χ0n) is 26.0. The quantitative estimate of drug-likeness (QED) is 0.215.